The van der Waals surface area contributed by atoms with E-state index in [4.69, 9.17) is 9.47 Å². The van der Waals surface area contributed by atoms with Gasteiger partial charge in [-0.15, -0.1) is 0 Å². The molecule has 3 atom stereocenters. The summed E-state index contributed by atoms with van der Waals surface area (Å²) in [4.78, 5) is 0. The lowest BCUT2D eigenvalue weighted by atomic mass is 9.92. The predicted molar refractivity (Wildman–Crippen MR) is 87.1 cm³/mol. The van der Waals surface area contributed by atoms with Crippen LogP contribution in [0.2, 0.25) is 0 Å². The topological polar surface area (TPSA) is 30.5 Å². The summed E-state index contributed by atoms with van der Waals surface area (Å²) in [5, 5.41) is 3.67. The van der Waals surface area contributed by atoms with Crippen LogP contribution in [0.5, 0.6) is 11.5 Å². The molecular formula is C18H29NO2. The molecule has 3 heteroatoms. The highest BCUT2D eigenvalue weighted by atomic mass is 16.5. The largest absolute Gasteiger partial charge is 0.489 e. The van der Waals surface area contributed by atoms with E-state index in [9.17, 15) is 0 Å². The van der Waals surface area contributed by atoms with Gasteiger partial charge >= 0.3 is 0 Å². The number of hydrogen-bond acceptors (Lipinski definition) is 3. The van der Waals surface area contributed by atoms with Gasteiger partial charge < -0.3 is 14.8 Å². The van der Waals surface area contributed by atoms with Gasteiger partial charge in [0.2, 0.25) is 0 Å². The monoisotopic (exact) mass is 291 g/mol. The van der Waals surface area contributed by atoms with Crippen molar-refractivity contribution in [1.29, 1.82) is 0 Å². The fourth-order valence-electron chi connectivity index (χ4n) is 2.65. The fraction of sp³-hybridized carbons (Fsp3) is 0.667. The maximum atomic E-state index is 5.92. The second-order valence-corrected chi connectivity index (χ2v) is 6.25. The molecule has 3 unspecified atom stereocenters. The Morgan fingerprint density at radius 2 is 1.90 bits per heavy atom. The van der Waals surface area contributed by atoms with Gasteiger partial charge in [0.25, 0.3) is 0 Å². The molecule has 21 heavy (non-hydrogen) atoms. The molecule has 1 aromatic rings. The van der Waals surface area contributed by atoms with Crippen LogP contribution in [0.25, 0.3) is 0 Å². The molecule has 1 N–H and O–H groups in total. The van der Waals surface area contributed by atoms with Gasteiger partial charge in [-0.2, -0.15) is 0 Å². The van der Waals surface area contributed by atoms with E-state index in [0.29, 0.717) is 17.9 Å². The van der Waals surface area contributed by atoms with Crippen LogP contribution in [0.1, 0.15) is 52.1 Å². The Hall–Kier alpha value is -1.22. The Balaban J connectivity index is 2.21. The van der Waals surface area contributed by atoms with Crippen molar-refractivity contribution >= 4 is 0 Å². The maximum absolute atomic E-state index is 5.92. The van der Waals surface area contributed by atoms with Gasteiger partial charge in [-0.25, -0.2) is 0 Å². The second-order valence-electron chi connectivity index (χ2n) is 6.25. The van der Waals surface area contributed by atoms with Crippen molar-refractivity contribution in [2.45, 2.75) is 46.6 Å². The highest BCUT2D eigenvalue weighted by molar-refractivity contribution is 5.44. The molecule has 1 aliphatic rings. The van der Waals surface area contributed by atoms with Crippen molar-refractivity contribution < 1.29 is 9.47 Å². The SMILES string of the molecule is CCCNC(c1ccc2c(c1)OCC(C)CO2)C(C)CC. The van der Waals surface area contributed by atoms with E-state index < -0.39 is 0 Å². The molecule has 0 radical (unpaired) electrons. The molecule has 1 aliphatic heterocycles. The summed E-state index contributed by atoms with van der Waals surface area (Å²) in [6.07, 6.45) is 2.31. The average Bonchev–Trinajstić information content (AvgIpc) is 2.69. The van der Waals surface area contributed by atoms with Gasteiger partial charge in [0.1, 0.15) is 0 Å². The molecule has 0 aliphatic carbocycles. The third-order valence-electron chi connectivity index (χ3n) is 4.20. The Morgan fingerprint density at radius 3 is 2.57 bits per heavy atom. The first-order valence-electron chi connectivity index (χ1n) is 8.28. The Bertz CT molecular complexity index is 447. The van der Waals surface area contributed by atoms with E-state index in [1.165, 1.54) is 5.56 Å². The van der Waals surface area contributed by atoms with Gasteiger partial charge in [-0.1, -0.05) is 40.2 Å². The van der Waals surface area contributed by atoms with Crippen molar-refractivity contribution in [2.24, 2.45) is 11.8 Å². The van der Waals surface area contributed by atoms with Crippen molar-refractivity contribution in [2.75, 3.05) is 19.8 Å². The summed E-state index contributed by atoms with van der Waals surface area (Å²) in [7, 11) is 0. The van der Waals surface area contributed by atoms with Crippen molar-refractivity contribution in [3.63, 3.8) is 0 Å². The number of benzene rings is 1. The van der Waals surface area contributed by atoms with Crippen molar-refractivity contribution in [3.05, 3.63) is 23.8 Å². The average molecular weight is 291 g/mol. The molecule has 1 heterocycles. The highest BCUT2D eigenvalue weighted by Gasteiger charge is 2.21. The molecule has 0 saturated heterocycles. The normalized spacial score (nSPS) is 20.7. The van der Waals surface area contributed by atoms with Crippen LogP contribution in [0, 0.1) is 11.8 Å². The van der Waals surface area contributed by atoms with Crippen LogP contribution in [0.3, 0.4) is 0 Å². The third kappa shape index (κ3) is 4.13. The molecule has 3 nitrogen and oxygen atoms in total. The van der Waals surface area contributed by atoms with Crippen molar-refractivity contribution in [1.82, 2.24) is 5.32 Å². The number of nitrogens with one attached hydrogen (secondary N) is 1. The van der Waals surface area contributed by atoms with Gasteiger partial charge in [0.15, 0.2) is 11.5 Å². The minimum Gasteiger partial charge on any atom is -0.489 e. The molecule has 0 spiro atoms. The zero-order valence-electron chi connectivity index (χ0n) is 13.8. The van der Waals surface area contributed by atoms with E-state index in [0.717, 1.165) is 44.1 Å². The molecule has 118 valence electrons. The lowest BCUT2D eigenvalue weighted by Crippen LogP contribution is -2.27. The second kappa shape index (κ2) is 7.69. The van der Waals surface area contributed by atoms with Gasteiger partial charge in [-0.05, 0) is 36.6 Å². The smallest absolute Gasteiger partial charge is 0.161 e. The van der Waals surface area contributed by atoms with Crippen molar-refractivity contribution in [3.8, 4) is 11.5 Å². The highest BCUT2D eigenvalue weighted by Crippen LogP contribution is 2.35. The maximum Gasteiger partial charge on any atom is 0.161 e. The summed E-state index contributed by atoms with van der Waals surface area (Å²) in [6, 6.07) is 6.78. The van der Waals surface area contributed by atoms with Gasteiger partial charge in [-0.3, -0.25) is 0 Å². The molecule has 0 amide bonds. The zero-order valence-corrected chi connectivity index (χ0v) is 13.8. The van der Waals surface area contributed by atoms with Crippen LogP contribution in [0.15, 0.2) is 18.2 Å². The number of rotatable bonds is 6. The van der Waals surface area contributed by atoms with Crippen LogP contribution in [0.4, 0.5) is 0 Å². The number of hydrogen-bond donors (Lipinski definition) is 1. The van der Waals surface area contributed by atoms with Crippen LogP contribution < -0.4 is 14.8 Å². The molecule has 2 rings (SSSR count). The summed E-state index contributed by atoms with van der Waals surface area (Å²) in [5.41, 5.74) is 1.30. The minimum absolute atomic E-state index is 0.379. The lowest BCUT2D eigenvalue weighted by Gasteiger charge is -2.25. The third-order valence-corrected chi connectivity index (χ3v) is 4.20. The summed E-state index contributed by atoms with van der Waals surface area (Å²) < 4.78 is 11.7. The number of ether oxygens (including phenoxy) is 2. The zero-order chi connectivity index (χ0) is 15.2. The van der Waals surface area contributed by atoms with E-state index in [1.807, 2.05) is 0 Å². The number of fused-ring (bicyclic) bond motifs is 1. The molecule has 1 aromatic carbocycles. The first-order valence-corrected chi connectivity index (χ1v) is 8.28. The Morgan fingerprint density at radius 1 is 1.19 bits per heavy atom. The molecule has 0 aromatic heterocycles. The molecule has 0 bridgehead atoms. The van der Waals surface area contributed by atoms with Crippen LogP contribution in [-0.4, -0.2) is 19.8 Å². The van der Waals surface area contributed by atoms with E-state index in [1.54, 1.807) is 0 Å². The summed E-state index contributed by atoms with van der Waals surface area (Å²) in [6.45, 7) is 11.4. The fourth-order valence-corrected chi connectivity index (χ4v) is 2.65. The van der Waals surface area contributed by atoms with Gasteiger partial charge in [0, 0.05) is 12.0 Å². The first-order chi connectivity index (χ1) is 10.2. The first kappa shape index (κ1) is 16.2. The Labute approximate surface area is 129 Å². The summed E-state index contributed by atoms with van der Waals surface area (Å²) in [5.74, 6) is 2.80. The predicted octanol–water partition coefficient (Wildman–Crippen LogP) is 4.18. The molecular weight excluding hydrogens is 262 g/mol. The quantitative estimate of drug-likeness (QED) is 0.853. The van der Waals surface area contributed by atoms with E-state index in [-0.39, 0.29) is 0 Å². The minimum atomic E-state index is 0.379. The van der Waals surface area contributed by atoms with E-state index in [2.05, 4.69) is 51.2 Å². The standard InChI is InChI=1S/C18H29NO2/c1-5-9-19-18(14(4)6-2)15-7-8-16-17(10-15)21-12-13(3)11-20-16/h7-8,10,13-14,18-19H,5-6,9,11-12H2,1-4H3. The van der Waals surface area contributed by atoms with Crippen LogP contribution >= 0.6 is 0 Å². The molecule has 0 saturated carbocycles. The van der Waals surface area contributed by atoms with Crippen LogP contribution in [-0.2, 0) is 0 Å². The Kier molecular flexibility index (Phi) is 5.92. The summed E-state index contributed by atoms with van der Waals surface area (Å²) >= 11 is 0. The van der Waals surface area contributed by atoms with Gasteiger partial charge in [0.05, 0.1) is 13.2 Å². The van der Waals surface area contributed by atoms with E-state index >= 15 is 0 Å². The molecule has 0 fully saturated rings. The lowest BCUT2D eigenvalue weighted by molar-refractivity contribution is 0.228.